The average Bonchev–Trinajstić information content (AvgIpc) is 2.24. The van der Waals surface area contributed by atoms with Crippen LogP contribution in [0.25, 0.3) is 0 Å². The fourth-order valence-corrected chi connectivity index (χ4v) is 2.01. The highest BCUT2D eigenvalue weighted by molar-refractivity contribution is 9.10. The van der Waals surface area contributed by atoms with Gasteiger partial charge in [0.05, 0.1) is 0 Å². The van der Waals surface area contributed by atoms with Gasteiger partial charge in [-0.05, 0) is 23.3 Å². The third-order valence-corrected chi connectivity index (χ3v) is 3.62. The number of halogens is 2. The first-order valence-corrected chi connectivity index (χ1v) is 6.03. The lowest BCUT2D eigenvalue weighted by atomic mass is 10.1. The van der Waals surface area contributed by atoms with Crippen molar-refractivity contribution in [3.05, 3.63) is 57.0 Å². The molecular formula is C11H8Br2N2. The van der Waals surface area contributed by atoms with Gasteiger partial charge in [-0.2, -0.15) is 0 Å². The molecule has 0 aliphatic carbocycles. The zero-order valence-corrected chi connectivity index (χ0v) is 11.0. The van der Waals surface area contributed by atoms with Crippen molar-refractivity contribution < 1.29 is 0 Å². The Morgan fingerprint density at radius 2 is 1.33 bits per heavy atom. The highest BCUT2D eigenvalue weighted by Crippen LogP contribution is 2.22. The van der Waals surface area contributed by atoms with Gasteiger partial charge in [0, 0.05) is 40.2 Å². The SMILES string of the molecule is Brc1ccncc1Cc1cnccc1Br. The van der Waals surface area contributed by atoms with Crippen LogP contribution in [0.2, 0.25) is 0 Å². The molecule has 0 fully saturated rings. The molecule has 4 heteroatoms. The lowest BCUT2D eigenvalue weighted by Gasteiger charge is -2.05. The summed E-state index contributed by atoms with van der Waals surface area (Å²) in [7, 11) is 0. The van der Waals surface area contributed by atoms with Crippen molar-refractivity contribution in [1.82, 2.24) is 9.97 Å². The molecule has 2 aromatic rings. The molecule has 0 aliphatic rings. The fraction of sp³-hybridized carbons (Fsp3) is 0.0909. The van der Waals surface area contributed by atoms with Crippen LogP contribution in [0.5, 0.6) is 0 Å². The number of rotatable bonds is 2. The van der Waals surface area contributed by atoms with Crippen molar-refractivity contribution in [3.63, 3.8) is 0 Å². The molecule has 0 spiro atoms. The molecule has 0 unspecified atom stereocenters. The molecule has 76 valence electrons. The van der Waals surface area contributed by atoms with Gasteiger partial charge >= 0.3 is 0 Å². The third-order valence-electron chi connectivity index (χ3n) is 2.07. The van der Waals surface area contributed by atoms with Gasteiger partial charge in [-0.1, -0.05) is 31.9 Å². The maximum absolute atomic E-state index is 4.11. The van der Waals surface area contributed by atoms with E-state index in [9.17, 15) is 0 Å². The molecule has 2 rings (SSSR count). The van der Waals surface area contributed by atoms with E-state index < -0.39 is 0 Å². The molecule has 2 nitrogen and oxygen atoms in total. The summed E-state index contributed by atoms with van der Waals surface area (Å²) in [5.41, 5.74) is 2.32. The van der Waals surface area contributed by atoms with E-state index >= 15 is 0 Å². The molecule has 2 aromatic heterocycles. The monoisotopic (exact) mass is 326 g/mol. The second-order valence-corrected chi connectivity index (χ2v) is 4.82. The van der Waals surface area contributed by atoms with Crippen LogP contribution in [-0.2, 0) is 6.42 Å². The lowest BCUT2D eigenvalue weighted by Crippen LogP contribution is -1.92. The highest BCUT2D eigenvalue weighted by Gasteiger charge is 2.04. The molecule has 0 N–H and O–H groups in total. The Morgan fingerprint density at radius 3 is 1.73 bits per heavy atom. The van der Waals surface area contributed by atoms with Crippen molar-refractivity contribution in [1.29, 1.82) is 0 Å². The van der Waals surface area contributed by atoms with E-state index in [0.29, 0.717) is 0 Å². The zero-order chi connectivity index (χ0) is 10.7. The molecule has 0 bridgehead atoms. The summed E-state index contributed by atoms with van der Waals surface area (Å²) < 4.78 is 2.15. The molecule has 0 aliphatic heterocycles. The summed E-state index contributed by atoms with van der Waals surface area (Å²) in [5.74, 6) is 0. The van der Waals surface area contributed by atoms with Gasteiger partial charge in [0.2, 0.25) is 0 Å². The topological polar surface area (TPSA) is 25.8 Å². The Balaban J connectivity index is 2.30. The Labute approximate surface area is 105 Å². The first-order chi connectivity index (χ1) is 7.27. The number of pyridine rings is 2. The van der Waals surface area contributed by atoms with Gasteiger partial charge in [-0.3, -0.25) is 9.97 Å². The Kier molecular flexibility index (Phi) is 3.49. The van der Waals surface area contributed by atoms with E-state index in [2.05, 4.69) is 41.8 Å². The minimum atomic E-state index is 0.822. The summed E-state index contributed by atoms with van der Waals surface area (Å²) in [4.78, 5) is 8.21. The number of hydrogen-bond acceptors (Lipinski definition) is 2. The van der Waals surface area contributed by atoms with E-state index in [1.165, 1.54) is 0 Å². The van der Waals surface area contributed by atoms with Gasteiger partial charge in [-0.25, -0.2) is 0 Å². The second kappa shape index (κ2) is 4.86. The summed E-state index contributed by atoms with van der Waals surface area (Å²) in [6.45, 7) is 0. The van der Waals surface area contributed by atoms with E-state index in [0.717, 1.165) is 26.5 Å². The van der Waals surface area contributed by atoms with Crippen LogP contribution in [0.15, 0.2) is 45.9 Å². The predicted octanol–water partition coefficient (Wildman–Crippen LogP) is 3.59. The Hall–Kier alpha value is -0.740. The molecular weight excluding hydrogens is 320 g/mol. The van der Waals surface area contributed by atoms with Crippen molar-refractivity contribution in [3.8, 4) is 0 Å². The fourth-order valence-electron chi connectivity index (χ4n) is 1.29. The molecule has 0 radical (unpaired) electrons. The van der Waals surface area contributed by atoms with Crippen molar-refractivity contribution in [2.45, 2.75) is 6.42 Å². The summed E-state index contributed by atoms with van der Waals surface area (Å²) in [5, 5.41) is 0. The van der Waals surface area contributed by atoms with Gasteiger partial charge in [0.15, 0.2) is 0 Å². The van der Waals surface area contributed by atoms with Crippen LogP contribution in [0.1, 0.15) is 11.1 Å². The van der Waals surface area contributed by atoms with E-state index in [-0.39, 0.29) is 0 Å². The molecule has 15 heavy (non-hydrogen) atoms. The highest BCUT2D eigenvalue weighted by atomic mass is 79.9. The average molecular weight is 328 g/mol. The van der Waals surface area contributed by atoms with Gasteiger partial charge in [0.25, 0.3) is 0 Å². The van der Waals surface area contributed by atoms with Crippen molar-refractivity contribution in [2.24, 2.45) is 0 Å². The van der Waals surface area contributed by atoms with E-state index in [1.807, 2.05) is 24.5 Å². The Bertz CT molecular complexity index is 428. The van der Waals surface area contributed by atoms with Crippen molar-refractivity contribution in [2.75, 3.05) is 0 Å². The summed E-state index contributed by atoms with van der Waals surface area (Å²) in [6, 6.07) is 3.89. The normalized spacial score (nSPS) is 10.3. The number of hydrogen-bond donors (Lipinski definition) is 0. The van der Waals surface area contributed by atoms with Gasteiger partial charge in [0.1, 0.15) is 0 Å². The van der Waals surface area contributed by atoms with Crippen LogP contribution < -0.4 is 0 Å². The Morgan fingerprint density at radius 1 is 0.867 bits per heavy atom. The largest absolute Gasteiger partial charge is 0.264 e. The van der Waals surface area contributed by atoms with E-state index in [1.54, 1.807) is 12.4 Å². The maximum Gasteiger partial charge on any atom is 0.0314 e. The summed E-state index contributed by atoms with van der Waals surface area (Å²) in [6.07, 6.45) is 8.09. The molecule has 0 saturated carbocycles. The second-order valence-electron chi connectivity index (χ2n) is 3.11. The molecule has 0 aromatic carbocycles. The number of nitrogens with zero attached hydrogens (tertiary/aromatic N) is 2. The third kappa shape index (κ3) is 2.63. The van der Waals surface area contributed by atoms with Gasteiger partial charge in [-0.15, -0.1) is 0 Å². The molecule has 2 heterocycles. The quantitative estimate of drug-likeness (QED) is 0.842. The zero-order valence-electron chi connectivity index (χ0n) is 7.82. The molecule has 0 amide bonds. The van der Waals surface area contributed by atoms with Crippen LogP contribution in [0.3, 0.4) is 0 Å². The molecule has 0 saturated heterocycles. The first-order valence-electron chi connectivity index (χ1n) is 4.44. The minimum absolute atomic E-state index is 0.822. The van der Waals surface area contributed by atoms with Crippen LogP contribution in [0, 0.1) is 0 Å². The van der Waals surface area contributed by atoms with Crippen LogP contribution in [0.4, 0.5) is 0 Å². The first kappa shape index (κ1) is 10.8. The summed E-state index contributed by atoms with van der Waals surface area (Å²) >= 11 is 7.01. The maximum atomic E-state index is 4.11. The van der Waals surface area contributed by atoms with E-state index in [4.69, 9.17) is 0 Å². The minimum Gasteiger partial charge on any atom is -0.264 e. The molecule has 0 atom stereocenters. The van der Waals surface area contributed by atoms with Crippen LogP contribution >= 0.6 is 31.9 Å². The lowest BCUT2D eigenvalue weighted by molar-refractivity contribution is 1.09. The smallest absolute Gasteiger partial charge is 0.0314 e. The van der Waals surface area contributed by atoms with Gasteiger partial charge < -0.3 is 0 Å². The standard InChI is InChI=1S/C11H8Br2N2/c12-10-1-3-14-6-8(10)5-9-7-15-4-2-11(9)13/h1-4,6-7H,5H2. The number of aromatic nitrogens is 2. The predicted molar refractivity (Wildman–Crippen MR) is 66.7 cm³/mol. The van der Waals surface area contributed by atoms with Crippen LogP contribution in [-0.4, -0.2) is 9.97 Å². The van der Waals surface area contributed by atoms with Crippen molar-refractivity contribution >= 4 is 31.9 Å².